The summed E-state index contributed by atoms with van der Waals surface area (Å²) < 4.78 is 10.5. The van der Waals surface area contributed by atoms with E-state index in [1.165, 1.54) is 5.56 Å². The molecule has 1 aromatic rings. The fourth-order valence-corrected chi connectivity index (χ4v) is 2.65. The molecule has 0 aromatic heterocycles. The molecule has 1 fully saturated rings. The summed E-state index contributed by atoms with van der Waals surface area (Å²) >= 11 is 0. The van der Waals surface area contributed by atoms with Gasteiger partial charge in [0.1, 0.15) is 5.75 Å². The van der Waals surface area contributed by atoms with Crippen LogP contribution in [0.15, 0.2) is 29.3 Å². The maximum atomic E-state index is 5.90. The monoisotopic (exact) mass is 462 g/mol. The zero-order chi connectivity index (χ0) is 17.0. The van der Waals surface area contributed by atoms with Gasteiger partial charge in [-0.15, -0.1) is 24.0 Å². The Kier molecular flexibility index (Phi) is 11.6. The molecule has 0 atom stereocenters. The molecule has 1 saturated heterocycles. The lowest BCUT2D eigenvalue weighted by molar-refractivity contribution is 0.0373. The van der Waals surface area contributed by atoms with Crippen molar-refractivity contribution in [1.29, 1.82) is 0 Å². The highest BCUT2D eigenvalue weighted by Gasteiger charge is 2.08. The first-order valence-electron chi connectivity index (χ1n) is 8.75. The van der Waals surface area contributed by atoms with Gasteiger partial charge in [0, 0.05) is 26.2 Å². The molecular formula is C18H31IN4O2. The Balaban J connectivity index is 0.00000312. The van der Waals surface area contributed by atoms with Crippen molar-refractivity contribution in [3.05, 3.63) is 29.8 Å². The smallest absolute Gasteiger partial charge is 0.188 e. The molecule has 6 nitrogen and oxygen atoms in total. The second-order valence-electron chi connectivity index (χ2n) is 5.95. The summed E-state index contributed by atoms with van der Waals surface area (Å²) in [6, 6.07) is 8.08. The number of morpholine rings is 1. The van der Waals surface area contributed by atoms with Crippen molar-refractivity contribution >= 4 is 29.9 Å². The average molecular weight is 462 g/mol. The molecule has 0 amide bonds. The van der Waals surface area contributed by atoms with Gasteiger partial charge in [-0.25, -0.2) is 0 Å². The fourth-order valence-electron chi connectivity index (χ4n) is 2.65. The minimum absolute atomic E-state index is 0. The lowest BCUT2D eigenvalue weighted by atomic mass is 10.1. The van der Waals surface area contributed by atoms with Crippen LogP contribution in [0.3, 0.4) is 0 Å². The zero-order valence-electron chi connectivity index (χ0n) is 15.1. The third kappa shape index (κ3) is 9.27. The molecule has 2 rings (SSSR count). The van der Waals surface area contributed by atoms with Gasteiger partial charge in [0.25, 0.3) is 0 Å². The number of nitrogens with one attached hydrogen (secondary N) is 1. The highest BCUT2D eigenvalue weighted by atomic mass is 127. The third-order valence-electron chi connectivity index (χ3n) is 4.15. The maximum Gasteiger partial charge on any atom is 0.188 e. The summed E-state index contributed by atoms with van der Waals surface area (Å²) in [6.45, 7) is 6.54. The normalized spacial score (nSPS) is 15.5. The van der Waals surface area contributed by atoms with Gasteiger partial charge < -0.3 is 20.5 Å². The van der Waals surface area contributed by atoms with Crippen LogP contribution in [0.2, 0.25) is 0 Å². The van der Waals surface area contributed by atoms with Gasteiger partial charge >= 0.3 is 0 Å². The topological polar surface area (TPSA) is 72.1 Å². The Hall–Kier alpha value is -1.06. The molecule has 0 bridgehead atoms. The number of rotatable bonds is 9. The first-order chi connectivity index (χ1) is 11.8. The first kappa shape index (κ1) is 22.0. The third-order valence-corrected chi connectivity index (χ3v) is 4.15. The molecule has 0 radical (unpaired) electrons. The fraction of sp³-hybridized carbons (Fsp3) is 0.611. The zero-order valence-corrected chi connectivity index (χ0v) is 17.4. The van der Waals surface area contributed by atoms with Crippen LogP contribution in [0.1, 0.15) is 18.4 Å². The SMILES string of the molecule is COc1ccc(CCNC(N)=NCCCCN2CCOCC2)cc1.I. The molecule has 142 valence electrons. The number of aliphatic imine (C=N–C) groups is 1. The van der Waals surface area contributed by atoms with Crippen molar-refractivity contribution in [2.75, 3.05) is 53.0 Å². The molecule has 0 spiro atoms. The van der Waals surface area contributed by atoms with Gasteiger partial charge in [-0.05, 0) is 43.5 Å². The predicted octanol–water partition coefficient (Wildman–Crippen LogP) is 1.87. The highest BCUT2D eigenvalue weighted by Crippen LogP contribution is 2.11. The molecule has 1 aromatic carbocycles. The van der Waals surface area contributed by atoms with Crippen molar-refractivity contribution in [3.8, 4) is 5.75 Å². The number of unbranched alkanes of at least 4 members (excludes halogenated alkanes) is 1. The van der Waals surface area contributed by atoms with E-state index in [4.69, 9.17) is 15.2 Å². The molecular weight excluding hydrogens is 431 g/mol. The van der Waals surface area contributed by atoms with E-state index >= 15 is 0 Å². The molecule has 1 aliphatic rings. The second-order valence-corrected chi connectivity index (χ2v) is 5.95. The van der Waals surface area contributed by atoms with Crippen LogP contribution in [0.4, 0.5) is 0 Å². The Labute approximate surface area is 168 Å². The minimum atomic E-state index is 0. The Morgan fingerprint density at radius 3 is 2.64 bits per heavy atom. The molecule has 25 heavy (non-hydrogen) atoms. The van der Waals surface area contributed by atoms with Crippen LogP contribution in [-0.4, -0.2) is 63.9 Å². The van der Waals surface area contributed by atoms with Crippen molar-refractivity contribution in [3.63, 3.8) is 0 Å². The summed E-state index contributed by atoms with van der Waals surface area (Å²) in [7, 11) is 1.68. The molecule has 1 heterocycles. The van der Waals surface area contributed by atoms with Crippen molar-refractivity contribution in [1.82, 2.24) is 10.2 Å². The Morgan fingerprint density at radius 1 is 1.24 bits per heavy atom. The van der Waals surface area contributed by atoms with Crippen LogP contribution in [-0.2, 0) is 11.2 Å². The summed E-state index contributed by atoms with van der Waals surface area (Å²) in [5, 5.41) is 3.17. The predicted molar refractivity (Wildman–Crippen MR) is 113 cm³/mol. The largest absolute Gasteiger partial charge is 0.497 e. The molecule has 3 N–H and O–H groups in total. The van der Waals surface area contributed by atoms with E-state index in [2.05, 4.69) is 27.3 Å². The van der Waals surface area contributed by atoms with E-state index in [1.807, 2.05) is 12.1 Å². The van der Waals surface area contributed by atoms with Gasteiger partial charge in [-0.2, -0.15) is 0 Å². The van der Waals surface area contributed by atoms with Crippen LogP contribution in [0.5, 0.6) is 5.75 Å². The van der Waals surface area contributed by atoms with Crippen molar-refractivity contribution in [2.45, 2.75) is 19.3 Å². The summed E-state index contributed by atoms with van der Waals surface area (Å²) in [4.78, 5) is 6.83. The summed E-state index contributed by atoms with van der Waals surface area (Å²) in [5.74, 6) is 1.42. The second kappa shape index (κ2) is 13.2. The van der Waals surface area contributed by atoms with Crippen molar-refractivity contribution in [2.24, 2.45) is 10.7 Å². The minimum Gasteiger partial charge on any atom is -0.497 e. The number of benzene rings is 1. The van der Waals surface area contributed by atoms with E-state index in [0.29, 0.717) is 5.96 Å². The number of ether oxygens (including phenoxy) is 2. The van der Waals surface area contributed by atoms with Gasteiger partial charge in [-0.1, -0.05) is 12.1 Å². The van der Waals surface area contributed by atoms with E-state index in [9.17, 15) is 0 Å². The maximum absolute atomic E-state index is 5.90. The standard InChI is InChI=1S/C18H30N4O2.HI/c1-23-17-6-4-16(5-7-17)8-10-21-18(19)20-9-2-3-11-22-12-14-24-15-13-22;/h4-7H,2-3,8-15H2,1H3,(H3,19,20,21);1H. The summed E-state index contributed by atoms with van der Waals surface area (Å²) in [5.41, 5.74) is 7.15. The number of guanidine groups is 1. The first-order valence-corrected chi connectivity index (χ1v) is 8.75. The summed E-state index contributed by atoms with van der Waals surface area (Å²) in [6.07, 6.45) is 3.14. The van der Waals surface area contributed by atoms with Crippen molar-refractivity contribution < 1.29 is 9.47 Å². The van der Waals surface area contributed by atoms with E-state index in [1.54, 1.807) is 7.11 Å². The molecule has 0 saturated carbocycles. The van der Waals surface area contributed by atoms with Gasteiger partial charge in [-0.3, -0.25) is 9.89 Å². The number of hydrogen-bond acceptors (Lipinski definition) is 4. The van der Waals surface area contributed by atoms with Gasteiger partial charge in [0.2, 0.25) is 0 Å². The van der Waals surface area contributed by atoms with E-state index < -0.39 is 0 Å². The lowest BCUT2D eigenvalue weighted by Crippen LogP contribution is -2.36. The average Bonchev–Trinajstić information content (AvgIpc) is 2.63. The molecule has 0 aliphatic carbocycles. The molecule has 7 heteroatoms. The number of halogens is 1. The van der Waals surface area contributed by atoms with Gasteiger partial charge in [0.05, 0.1) is 20.3 Å². The number of nitrogens with zero attached hydrogens (tertiary/aromatic N) is 2. The highest BCUT2D eigenvalue weighted by molar-refractivity contribution is 14.0. The molecule has 0 unspecified atom stereocenters. The Morgan fingerprint density at radius 2 is 1.96 bits per heavy atom. The lowest BCUT2D eigenvalue weighted by Gasteiger charge is -2.26. The van der Waals surface area contributed by atoms with E-state index in [-0.39, 0.29) is 24.0 Å². The number of hydrogen-bond donors (Lipinski definition) is 2. The molecule has 1 aliphatic heterocycles. The van der Waals surface area contributed by atoms with Crippen LogP contribution < -0.4 is 15.8 Å². The number of methoxy groups -OCH3 is 1. The quantitative estimate of drug-likeness (QED) is 0.254. The van der Waals surface area contributed by atoms with E-state index in [0.717, 1.165) is 70.9 Å². The van der Waals surface area contributed by atoms with Crippen LogP contribution in [0.25, 0.3) is 0 Å². The Bertz CT molecular complexity index is 490. The van der Waals surface area contributed by atoms with Gasteiger partial charge in [0.15, 0.2) is 5.96 Å². The van der Waals surface area contributed by atoms with Crippen LogP contribution >= 0.6 is 24.0 Å². The van der Waals surface area contributed by atoms with Crippen LogP contribution in [0, 0.1) is 0 Å². The number of nitrogens with two attached hydrogens (primary N) is 1.